The maximum absolute atomic E-state index is 2.68. The zero-order valence-corrected chi connectivity index (χ0v) is 54.3. The molecule has 0 radical (unpaired) electrons. The van der Waals surface area contributed by atoms with Crippen LogP contribution in [0, 0.1) is 0 Å². The predicted molar refractivity (Wildman–Crippen MR) is 394 cm³/mol. The smallest absolute Gasteiger partial charge is 0.264 e. The second-order valence-electron chi connectivity index (χ2n) is 27.7. The summed E-state index contributed by atoms with van der Waals surface area (Å²) in [5, 5.41) is 1.24. The van der Waals surface area contributed by atoms with E-state index in [-0.39, 0.29) is 23.0 Å². The van der Waals surface area contributed by atoms with Crippen LogP contribution in [0.25, 0.3) is 65.7 Å². The standard InChI is InChI=1S/C86H74BN3S/c1-84(2,3)64-40-44-67(45-41-64)88(74-38-26-25-37-69(74)59-31-19-12-20-32-59)68-46-47-73-77(56-68)89(75-48-42-65(85(4,5)6)54-70(75)60-33-21-13-22-34-60)78-52-63(58-29-17-11-18-30-58)53-79-81(78)87(73)83-82(72-51-62(39-50-80(72)91-83)57-27-15-10-16-28-57)90(79)76-49-43-66(86(7,8)9)55-71(76)61-35-23-14-24-36-61/h10-56H,1-9H3. The Morgan fingerprint density at radius 1 is 0.319 bits per heavy atom. The lowest BCUT2D eigenvalue weighted by Crippen LogP contribution is -2.60. The van der Waals surface area contributed by atoms with Gasteiger partial charge in [0.15, 0.2) is 0 Å². The maximum atomic E-state index is 2.68. The normalized spacial score (nSPS) is 12.8. The first-order valence-electron chi connectivity index (χ1n) is 32.1. The van der Waals surface area contributed by atoms with Gasteiger partial charge in [-0.2, -0.15) is 0 Å². The minimum atomic E-state index is -0.155. The van der Waals surface area contributed by atoms with Crippen molar-refractivity contribution < 1.29 is 0 Å². The topological polar surface area (TPSA) is 9.72 Å². The van der Waals surface area contributed by atoms with Crippen molar-refractivity contribution in [2.45, 2.75) is 78.6 Å². The summed E-state index contributed by atoms with van der Waals surface area (Å²) in [5.74, 6) is 0. The van der Waals surface area contributed by atoms with E-state index in [1.54, 1.807) is 0 Å². The van der Waals surface area contributed by atoms with Crippen molar-refractivity contribution in [2.75, 3.05) is 14.7 Å². The summed E-state index contributed by atoms with van der Waals surface area (Å²) in [5.41, 5.74) is 28.2. The monoisotopic (exact) mass is 1190 g/mol. The zero-order chi connectivity index (χ0) is 62.3. The van der Waals surface area contributed by atoms with Crippen molar-refractivity contribution in [2.24, 2.45) is 0 Å². The molecule has 0 bridgehead atoms. The van der Waals surface area contributed by atoms with Gasteiger partial charge in [-0.3, -0.25) is 0 Å². The fourth-order valence-electron chi connectivity index (χ4n) is 13.9. The van der Waals surface area contributed by atoms with Gasteiger partial charge >= 0.3 is 0 Å². The van der Waals surface area contributed by atoms with Crippen LogP contribution in [-0.2, 0) is 16.2 Å². The third-order valence-electron chi connectivity index (χ3n) is 18.7. The molecular weight excluding hydrogens is 1120 g/mol. The van der Waals surface area contributed by atoms with E-state index in [0.29, 0.717) is 0 Å². The van der Waals surface area contributed by atoms with Gasteiger partial charge in [0.05, 0.1) is 22.7 Å². The van der Waals surface area contributed by atoms with Crippen LogP contribution in [0.5, 0.6) is 0 Å². The van der Waals surface area contributed by atoms with Gasteiger partial charge in [0, 0.05) is 60.0 Å². The Kier molecular flexibility index (Phi) is 14.2. The first kappa shape index (κ1) is 57.5. The molecule has 0 fully saturated rings. The van der Waals surface area contributed by atoms with E-state index in [4.69, 9.17) is 0 Å². The molecule has 0 saturated carbocycles. The molecular formula is C86H74BN3S. The maximum Gasteiger partial charge on any atom is 0.264 e. The van der Waals surface area contributed by atoms with Crippen LogP contribution >= 0.6 is 11.3 Å². The summed E-state index contributed by atoms with van der Waals surface area (Å²) in [6.07, 6.45) is 0. The second-order valence-corrected chi connectivity index (χ2v) is 28.8. The van der Waals surface area contributed by atoms with E-state index in [0.717, 1.165) is 56.5 Å². The predicted octanol–water partition coefficient (Wildman–Crippen LogP) is 22.7. The third kappa shape index (κ3) is 10.4. The number of hydrogen-bond donors (Lipinski definition) is 0. The Morgan fingerprint density at radius 2 is 0.769 bits per heavy atom. The largest absolute Gasteiger partial charge is 0.311 e. The molecule has 5 heteroatoms. The molecule has 0 N–H and O–H groups in total. The molecule has 91 heavy (non-hydrogen) atoms. The van der Waals surface area contributed by atoms with E-state index in [2.05, 4.69) is 362 Å². The van der Waals surface area contributed by atoms with Gasteiger partial charge in [-0.05, 0) is 162 Å². The Labute approximate surface area is 542 Å². The van der Waals surface area contributed by atoms with Crippen LogP contribution in [0.1, 0.15) is 79.0 Å². The van der Waals surface area contributed by atoms with E-state index >= 15 is 0 Å². The highest BCUT2D eigenvalue weighted by molar-refractivity contribution is 7.33. The van der Waals surface area contributed by atoms with Crippen molar-refractivity contribution in [1.29, 1.82) is 0 Å². The van der Waals surface area contributed by atoms with Crippen LogP contribution < -0.4 is 30.4 Å². The molecule has 0 spiro atoms. The Balaban J connectivity index is 1.09. The Hall–Kier alpha value is -9.94. The number of benzene rings is 12. The molecule has 3 nitrogen and oxygen atoms in total. The van der Waals surface area contributed by atoms with E-state index in [9.17, 15) is 0 Å². The molecule has 0 saturated heterocycles. The van der Waals surface area contributed by atoms with Gasteiger partial charge in [-0.25, -0.2) is 0 Å². The number of para-hydroxylation sites is 1. The number of thiophene rings is 1. The van der Waals surface area contributed by atoms with E-state index in [1.807, 2.05) is 11.3 Å². The van der Waals surface area contributed by atoms with Crippen LogP contribution in [-0.4, -0.2) is 6.71 Å². The summed E-state index contributed by atoms with van der Waals surface area (Å²) in [7, 11) is 0. The molecule has 15 rings (SSSR count). The molecule has 1 aromatic heterocycles. The third-order valence-corrected chi connectivity index (χ3v) is 19.9. The van der Waals surface area contributed by atoms with E-state index in [1.165, 1.54) is 92.8 Å². The number of anilines is 9. The van der Waals surface area contributed by atoms with Crippen LogP contribution in [0.2, 0.25) is 0 Å². The molecule has 0 aliphatic carbocycles. The fourth-order valence-corrected chi connectivity index (χ4v) is 15.2. The first-order valence-corrected chi connectivity index (χ1v) is 32.9. The minimum absolute atomic E-state index is 0.0232. The lowest BCUT2D eigenvalue weighted by molar-refractivity contribution is 0.590. The van der Waals surface area contributed by atoms with Gasteiger partial charge in [0.2, 0.25) is 0 Å². The Bertz CT molecular complexity index is 4860. The van der Waals surface area contributed by atoms with Crippen molar-refractivity contribution >= 4 is 95.0 Å². The van der Waals surface area contributed by atoms with Crippen LogP contribution in [0.3, 0.4) is 0 Å². The minimum Gasteiger partial charge on any atom is -0.311 e. The van der Waals surface area contributed by atoms with Gasteiger partial charge in [0.1, 0.15) is 0 Å². The molecule has 0 unspecified atom stereocenters. The summed E-state index contributed by atoms with van der Waals surface area (Å²) in [6.45, 7) is 20.7. The average molecular weight is 1190 g/mol. The number of fused-ring (bicyclic) bond motifs is 6. The molecule has 0 atom stereocenters. The number of rotatable bonds is 10. The van der Waals surface area contributed by atoms with Crippen molar-refractivity contribution in [3.8, 4) is 55.6 Å². The number of hydrogen-bond acceptors (Lipinski definition) is 4. The zero-order valence-electron chi connectivity index (χ0n) is 53.5. The summed E-state index contributed by atoms with van der Waals surface area (Å²) < 4.78 is 2.58. The molecule has 13 aromatic rings. The summed E-state index contributed by atoms with van der Waals surface area (Å²) in [6, 6.07) is 107. The molecule has 0 amide bonds. The van der Waals surface area contributed by atoms with Crippen LogP contribution in [0.4, 0.5) is 51.2 Å². The molecule has 2 aliphatic rings. The number of nitrogens with zero attached hydrogens (tertiary/aromatic N) is 3. The molecule has 3 heterocycles. The highest BCUT2D eigenvalue weighted by Gasteiger charge is 2.47. The van der Waals surface area contributed by atoms with E-state index < -0.39 is 0 Å². The highest BCUT2D eigenvalue weighted by Crippen LogP contribution is 2.54. The SMILES string of the molecule is CC(C)(C)c1ccc(N(c2ccc3c(c2)N(c2ccc(C(C)(C)C)cc2-c2ccccc2)c2cc(-c4ccccc4)cc4c2B3c2sc3ccc(-c5ccccc5)cc3c2N4c2ccc(C(C)(C)C)cc2-c2ccccc2)c2ccccc2-c2ccccc2)cc1. The Morgan fingerprint density at radius 3 is 1.31 bits per heavy atom. The highest BCUT2D eigenvalue weighted by atomic mass is 32.1. The van der Waals surface area contributed by atoms with Gasteiger partial charge in [-0.15, -0.1) is 11.3 Å². The quantitative estimate of drug-likeness (QED) is 0.126. The second kappa shape index (κ2) is 22.5. The lowest BCUT2D eigenvalue weighted by atomic mass is 9.36. The van der Waals surface area contributed by atoms with Gasteiger partial charge < -0.3 is 14.7 Å². The summed E-state index contributed by atoms with van der Waals surface area (Å²) in [4.78, 5) is 7.84. The van der Waals surface area contributed by atoms with Gasteiger partial charge in [0.25, 0.3) is 6.71 Å². The van der Waals surface area contributed by atoms with Crippen molar-refractivity contribution in [1.82, 2.24) is 0 Å². The van der Waals surface area contributed by atoms with Gasteiger partial charge in [-0.1, -0.05) is 269 Å². The fraction of sp³-hybridized carbons (Fsp3) is 0.140. The average Bonchev–Trinajstić information content (AvgIpc) is 1.68. The molecule has 12 aromatic carbocycles. The lowest BCUT2D eigenvalue weighted by Gasteiger charge is -2.45. The van der Waals surface area contributed by atoms with Crippen LogP contribution in [0.15, 0.2) is 285 Å². The van der Waals surface area contributed by atoms with Crippen molar-refractivity contribution in [3.63, 3.8) is 0 Å². The molecule has 442 valence electrons. The van der Waals surface area contributed by atoms with Crippen molar-refractivity contribution in [3.05, 3.63) is 302 Å². The summed E-state index contributed by atoms with van der Waals surface area (Å²) >= 11 is 1.95. The molecule has 2 aliphatic heterocycles. The first-order chi connectivity index (χ1) is 44.0.